The van der Waals surface area contributed by atoms with Gasteiger partial charge in [-0.15, -0.1) is 5.10 Å². The van der Waals surface area contributed by atoms with Crippen molar-refractivity contribution < 1.29 is 13.2 Å². The van der Waals surface area contributed by atoms with E-state index in [0.29, 0.717) is 5.56 Å². The van der Waals surface area contributed by atoms with Gasteiger partial charge in [-0.25, -0.2) is 9.50 Å². The lowest BCUT2D eigenvalue weighted by molar-refractivity contribution is -0.144. The van der Waals surface area contributed by atoms with Crippen molar-refractivity contribution in [1.29, 1.82) is 0 Å². The first-order chi connectivity index (χ1) is 7.88. The molecule has 1 aliphatic carbocycles. The fourth-order valence-electron chi connectivity index (χ4n) is 1.58. The molecule has 1 fully saturated rings. The number of fused-ring (bicyclic) bond motifs is 1. The lowest BCUT2D eigenvalue weighted by atomic mass is 10.1. The van der Waals surface area contributed by atoms with Gasteiger partial charge < -0.3 is 5.73 Å². The first kappa shape index (κ1) is 10.5. The second-order valence-corrected chi connectivity index (χ2v) is 4.18. The highest BCUT2D eigenvalue weighted by Crippen LogP contribution is 2.42. The van der Waals surface area contributed by atoms with Crippen LogP contribution in [0.5, 0.6) is 0 Å². The van der Waals surface area contributed by atoms with Crippen LogP contribution in [0, 0.1) is 0 Å². The molecule has 0 radical (unpaired) electrons. The molecule has 0 unspecified atom stereocenters. The minimum atomic E-state index is -4.56. The minimum Gasteiger partial charge on any atom is -0.321 e. The summed E-state index contributed by atoms with van der Waals surface area (Å²) in [7, 11) is 0. The molecule has 0 atom stereocenters. The number of nitrogens with two attached hydrogens (primary N) is 1. The molecule has 1 aliphatic rings. The van der Waals surface area contributed by atoms with Crippen molar-refractivity contribution in [2.75, 3.05) is 0 Å². The zero-order valence-electron chi connectivity index (χ0n) is 8.57. The van der Waals surface area contributed by atoms with Gasteiger partial charge in [0.1, 0.15) is 0 Å². The third kappa shape index (κ3) is 1.64. The topological polar surface area (TPSA) is 69.1 Å². The van der Waals surface area contributed by atoms with Crippen LogP contribution in [0.25, 0.3) is 5.78 Å². The van der Waals surface area contributed by atoms with Gasteiger partial charge in [0.15, 0.2) is 0 Å². The highest BCUT2D eigenvalue weighted by atomic mass is 19.4. The van der Waals surface area contributed by atoms with Gasteiger partial charge in [-0.1, -0.05) is 0 Å². The second kappa shape index (κ2) is 2.95. The summed E-state index contributed by atoms with van der Waals surface area (Å²) in [5, 5.41) is 3.35. The summed E-state index contributed by atoms with van der Waals surface area (Å²) in [5.74, 6) is -1.27. The number of rotatable bonds is 1. The number of aromatic nitrogens is 4. The van der Waals surface area contributed by atoms with E-state index >= 15 is 0 Å². The standard InChI is InChI=1S/C9H8F3N5/c10-9(11,12)6-15-7-14-3-5(4-17(7)16-6)8(13)1-2-8/h3-4H,1-2,13H2. The number of alkyl halides is 3. The quantitative estimate of drug-likeness (QED) is 0.814. The van der Waals surface area contributed by atoms with Gasteiger partial charge >= 0.3 is 6.18 Å². The van der Waals surface area contributed by atoms with Crippen molar-refractivity contribution in [3.8, 4) is 0 Å². The number of hydrogen-bond acceptors (Lipinski definition) is 4. The molecule has 2 N–H and O–H groups in total. The van der Waals surface area contributed by atoms with E-state index in [1.165, 1.54) is 12.4 Å². The van der Waals surface area contributed by atoms with Crippen molar-refractivity contribution in [1.82, 2.24) is 19.6 Å². The highest BCUT2D eigenvalue weighted by Gasteiger charge is 2.41. The molecule has 0 aliphatic heterocycles. The molecule has 17 heavy (non-hydrogen) atoms. The molecule has 5 nitrogen and oxygen atoms in total. The Morgan fingerprint density at radius 3 is 2.65 bits per heavy atom. The molecule has 0 spiro atoms. The van der Waals surface area contributed by atoms with Crippen LogP contribution in [-0.2, 0) is 11.7 Å². The van der Waals surface area contributed by atoms with E-state index < -0.39 is 17.5 Å². The summed E-state index contributed by atoms with van der Waals surface area (Å²) in [6.45, 7) is 0. The van der Waals surface area contributed by atoms with E-state index in [1.807, 2.05) is 0 Å². The van der Waals surface area contributed by atoms with Crippen LogP contribution in [0.4, 0.5) is 13.2 Å². The van der Waals surface area contributed by atoms with Gasteiger partial charge in [-0.05, 0) is 12.8 Å². The van der Waals surface area contributed by atoms with Crippen molar-refractivity contribution in [2.24, 2.45) is 5.73 Å². The Bertz CT molecular complexity index is 581. The number of hydrogen-bond donors (Lipinski definition) is 1. The molecular weight excluding hydrogens is 235 g/mol. The van der Waals surface area contributed by atoms with E-state index in [-0.39, 0.29) is 5.78 Å². The Morgan fingerprint density at radius 2 is 2.06 bits per heavy atom. The molecule has 2 aromatic heterocycles. The Hall–Kier alpha value is -1.70. The lowest BCUT2D eigenvalue weighted by Gasteiger charge is -2.07. The van der Waals surface area contributed by atoms with E-state index in [0.717, 1.165) is 17.4 Å². The van der Waals surface area contributed by atoms with E-state index in [4.69, 9.17) is 5.73 Å². The monoisotopic (exact) mass is 243 g/mol. The van der Waals surface area contributed by atoms with Crippen LogP contribution in [0.2, 0.25) is 0 Å². The van der Waals surface area contributed by atoms with E-state index in [9.17, 15) is 13.2 Å². The molecule has 0 bridgehead atoms. The van der Waals surface area contributed by atoms with Crippen LogP contribution in [0.3, 0.4) is 0 Å². The summed E-state index contributed by atoms with van der Waals surface area (Å²) in [6.07, 6.45) is -0.0371. The summed E-state index contributed by atoms with van der Waals surface area (Å²) in [4.78, 5) is 7.13. The summed E-state index contributed by atoms with van der Waals surface area (Å²) >= 11 is 0. The van der Waals surface area contributed by atoms with Gasteiger partial charge in [-0.3, -0.25) is 0 Å². The Kier molecular flexibility index (Phi) is 1.81. The van der Waals surface area contributed by atoms with Gasteiger partial charge in [-0.2, -0.15) is 18.2 Å². The average Bonchev–Trinajstić information content (AvgIpc) is 2.85. The predicted octanol–water partition coefficient (Wildman–Crippen LogP) is 1.09. The maximum Gasteiger partial charge on any atom is 0.453 e. The molecule has 90 valence electrons. The second-order valence-electron chi connectivity index (χ2n) is 4.18. The number of halogens is 3. The zero-order valence-corrected chi connectivity index (χ0v) is 8.57. The molecule has 2 aromatic rings. The SMILES string of the molecule is NC1(c2cnc3nc(C(F)(F)F)nn3c2)CC1. The Morgan fingerprint density at radius 1 is 1.35 bits per heavy atom. The van der Waals surface area contributed by atoms with Crippen LogP contribution in [0.15, 0.2) is 12.4 Å². The summed E-state index contributed by atoms with van der Waals surface area (Å²) in [5.41, 5.74) is 6.16. The smallest absolute Gasteiger partial charge is 0.321 e. The molecule has 0 amide bonds. The largest absolute Gasteiger partial charge is 0.453 e. The Balaban J connectivity index is 2.11. The molecular formula is C9H8F3N5. The molecule has 1 saturated carbocycles. The van der Waals surface area contributed by atoms with Gasteiger partial charge in [0, 0.05) is 23.5 Å². The minimum absolute atomic E-state index is 0.0784. The van der Waals surface area contributed by atoms with Crippen molar-refractivity contribution in [3.63, 3.8) is 0 Å². The third-order valence-corrected chi connectivity index (χ3v) is 2.81. The van der Waals surface area contributed by atoms with Crippen LogP contribution < -0.4 is 5.73 Å². The first-order valence-corrected chi connectivity index (χ1v) is 4.97. The number of nitrogens with zero attached hydrogens (tertiary/aromatic N) is 4. The van der Waals surface area contributed by atoms with Crippen molar-refractivity contribution >= 4 is 5.78 Å². The molecule has 8 heteroatoms. The van der Waals surface area contributed by atoms with Crippen molar-refractivity contribution in [3.05, 3.63) is 23.8 Å². The predicted molar refractivity (Wildman–Crippen MR) is 50.9 cm³/mol. The van der Waals surface area contributed by atoms with E-state index in [2.05, 4.69) is 15.1 Å². The van der Waals surface area contributed by atoms with Crippen molar-refractivity contribution in [2.45, 2.75) is 24.6 Å². The molecule has 0 saturated heterocycles. The Labute approximate surface area is 93.5 Å². The van der Waals surface area contributed by atoms with Crippen LogP contribution in [0.1, 0.15) is 24.2 Å². The molecule has 3 rings (SSSR count). The maximum atomic E-state index is 12.4. The van der Waals surface area contributed by atoms with Gasteiger partial charge in [0.05, 0.1) is 0 Å². The fourth-order valence-corrected chi connectivity index (χ4v) is 1.58. The molecule has 0 aromatic carbocycles. The molecule has 2 heterocycles. The summed E-state index contributed by atoms with van der Waals surface area (Å²) < 4.78 is 38.2. The van der Waals surface area contributed by atoms with Crippen LogP contribution >= 0.6 is 0 Å². The van der Waals surface area contributed by atoms with E-state index in [1.54, 1.807) is 0 Å². The fraction of sp³-hybridized carbons (Fsp3) is 0.444. The average molecular weight is 243 g/mol. The lowest BCUT2D eigenvalue weighted by Crippen LogP contribution is -2.19. The maximum absolute atomic E-state index is 12.4. The first-order valence-electron chi connectivity index (χ1n) is 4.97. The van der Waals surface area contributed by atoms with Gasteiger partial charge in [0.2, 0.25) is 0 Å². The summed E-state index contributed by atoms with van der Waals surface area (Å²) in [6, 6.07) is 0. The normalized spacial score (nSPS) is 18.6. The van der Waals surface area contributed by atoms with Gasteiger partial charge in [0.25, 0.3) is 11.6 Å². The zero-order chi connectivity index (χ0) is 12.3. The third-order valence-electron chi connectivity index (χ3n) is 2.81. The van der Waals surface area contributed by atoms with Crippen LogP contribution in [-0.4, -0.2) is 19.6 Å². The highest BCUT2D eigenvalue weighted by molar-refractivity contribution is 5.33.